The number of aromatic nitrogens is 2. The first-order valence-electron chi connectivity index (χ1n) is 9.79. The lowest BCUT2D eigenvalue weighted by molar-refractivity contribution is 0.173. The molecule has 1 saturated heterocycles. The second-order valence-electron chi connectivity index (χ2n) is 7.42. The molecule has 0 saturated carbocycles. The van der Waals surface area contributed by atoms with Gasteiger partial charge in [0.25, 0.3) is 0 Å². The summed E-state index contributed by atoms with van der Waals surface area (Å²) in [7, 11) is 0. The molecule has 0 bridgehead atoms. The molecule has 6 heteroatoms. The monoisotopic (exact) mass is 376 g/mol. The summed E-state index contributed by atoms with van der Waals surface area (Å²) in [6.45, 7) is 3.44. The van der Waals surface area contributed by atoms with Gasteiger partial charge < -0.3 is 19.4 Å². The molecule has 5 rings (SSSR count). The van der Waals surface area contributed by atoms with Crippen LogP contribution in [-0.2, 0) is 6.54 Å². The van der Waals surface area contributed by atoms with E-state index < -0.39 is 0 Å². The van der Waals surface area contributed by atoms with Crippen LogP contribution in [0.5, 0.6) is 11.5 Å². The lowest BCUT2D eigenvalue weighted by Crippen LogP contribution is -2.41. The van der Waals surface area contributed by atoms with Gasteiger partial charge in [0.15, 0.2) is 11.5 Å². The summed E-state index contributed by atoms with van der Waals surface area (Å²) in [4.78, 5) is 6.62. The van der Waals surface area contributed by atoms with E-state index in [2.05, 4.69) is 51.6 Å². The van der Waals surface area contributed by atoms with Gasteiger partial charge in [-0.1, -0.05) is 6.07 Å². The molecular weight excluding hydrogens is 352 g/mol. The van der Waals surface area contributed by atoms with E-state index in [1.807, 2.05) is 23.2 Å². The maximum atomic E-state index is 5.51. The summed E-state index contributed by atoms with van der Waals surface area (Å²) < 4.78 is 12.9. The molecule has 1 N–H and O–H groups in total. The van der Waals surface area contributed by atoms with E-state index in [9.17, 15) is 0 Å². The molecule has 1 unspecified atom stereocenters. The van der Waals surface area contributed by atoms with Crippen molar-refractivity contribution in [3.63, 3.8) is 0 Å². The van der Waals surface area contributed by atoms with Crippen molar-refractivity contribution in [2.45, 2.75) is 25.4 Å². The molecule has 0 amide bonds. The van der Waals surface area contributed by atoms with Crippen LogP contribution in [0.3, 0.4) is 0 Å². The normalized spacial score (nSPS) is 18.9. The summed E-state index contributed by atoms with van der Waals surface area (Å²) in [6.07, 6.45) is 7.97. The highest BCUT2D eigenvalue weighted by Crippen LogP contribution is 2.33. The standard InChI is InChI=1S/C22H24N4O2/c1-2-19(24-18-4-6-20(7-5-18)26-11-9-23-15-26)14-25(10-1)13-17-3-8-21-22(12-17)28-16-27-21/h3-9,11-12,15,19,24H,1-2,10,13-14,16H2. The molecule has 3 aromatic rings. The first kappa shape index (κ1) is 17.1. The fourth-order valence-corrected chi connectivity index (χ4v) is 3.99. The number of piperidine rings is 1. The molecule has 1 aromatic heterocycles. The molecule has 144 valence electrons. The fourth-order valence-electron chi connectivity index (χ4n) is 3.99. The van der Waals surface area contributed by atoms with Crippen molar-refractivity contribution in [2.24, 2.45) is 0 Å². The zero-order chi connectivity index (χ0) is 18.8. The van der Waals surface area contributed by atoms with Crippen molar-refractivity contribution in [3.8, 4) is 17.2 Å². The van der Waals surface area contributed by atoms with Gasteiger partial charge in [-0.25, -0.2) is 4.98 Å². The second kappa shape index (κ2) is 7.56. The Morgan fingerprint density at radius 1 is 1.07 bits per heavy atom. The third-order valence-electron chi connectivity index (χ3n) is 5.39. The van der Waals surface area contributed by atoms with E-state index in [-0.39, 0.29) is 0 Å². The van der Waals surface area contributed by atoms with Gasteiger partial charge in [-0.05, 0) is 61.3 Å². The van der Waals surface area contributed by atoms with E-state index in [0.717, 1.165) is 36.8 Å². The molecule has 0 spiro atoms. The fraction of sp³-hybridized carbons (Fsp3) is 0.318. The van der Waals surface area contributed by atoms with Crippen molar-refractivity contribution in [1.82, 2.24) is 14.5 Å². The van der Waals surface area contributed by atoms with Crippen molar-refractivity contribution >= 4 is 5.69 Å². The Bertz CT molecular complexity index is 924. The van der Waals surface area contributed by atoms with Crippen LogP contribution in [0.25, 0.3) is 5.69 Å². The molecule has 3 heterocycles. The summed E-state index contributed by atoms with van der Waals surface area (Å²) in [5.74, 6) is 1.71. The highest BCUT2D eigenvalue weighted by molar-refractivity contribution is 5.49. The van der Waals surface area contributed by atoms with E-state index >= 15 is 0 Å². The third-order valence-corrected chi connectivity index (χ3v) is 5.39. The molecule has 1 fully saturated rings. The van der Waals surface area contributed by atoms with Gasteiger partial charge in [-0.2, -0.15) is 0 Å². The van der Waals surface area contributed by atoms with Crippen molar-refractivity contribution in [2.75, 3.05) is 25.2 Å². The Labute approximate surface area is 164 Å². The summed E-state index contributed by atoms with van der Waals surface area (Å²) in [5, 5.41) is 3.70. The number of nitrogens with zero attached hydrogens (tertiary/aromatic N) is 3. The first-order chi connectivity index (χ1) is 13.8. The Kier molecular flexibility index (Phi) is 4.62. The lowest BCUT2D eigenvalue weighted by Gasteiger charge is -2.33. The zero-order valence-electron chi connectivity index (χ0n) is 15.8. The van der Waals surface area contributed by atoms with Gasteiger partial charge >= 0.3 is 0 Å². The minimum absolute atomic E-state index is 0.328. The van der Waals surface area contributed by atoms with Gasteiger partial charge in [-0.15, -0.1) is 0 Å². The molecule has 2 aromatic carbocycles. The molecule has 0 radical (unpaired) electrons. The van der Waals surface area contributed by atoms with Gasteiger partial charge in [0.1, 0.15) is 0 Å². The second-order valence-corrected chi connectivity index (χ2v) is 7.42. The van der Waals surface area contributed by atoms with Gasteiger partial charge in [0.05, 0.1) is 6.33 Å². The van der Waals surface area contributed by atoms with Crippen molar-refractivity contribution in [1.29, 1.82) is 0 Å². The number of imidazole rings is 1. The SMILES string of the molecule is c1cn(-c2ccc(NC3CCCN(Cc4ccc5c(c4)OCO5)C3)cc2)cn1. The van der Waals surface area contributed by atoms with Crippen LogP contribution in [-0.4, -0.2) is 40.4 Å². The van der Waals surface area contributed by atoms with Crippen LogP contribution >= 0.6 is 0 Å². The Morgan fingerprint density at radius 2 is 1.96 bits per heavy atom. The largest absolute Gasteiger partial charge is 0.454 e. The smallest absolute Gasteiger partial charge is 0.231 e. The molecule has 2 aliphatic heterocycles. The molecule has 0 aliphatic carbocycles. The lowest BCUT2D eigenvalue weighted by atomic mass is 10.0. The van der Waals surface area contributed by atoms with Crippen LogP contribution in [0.1, 0.15) is 18.4 Å². The van der Waals surface area contributed by atoms with Crippen LogP contribution in [0.4, 0.5) is 5.69 Å². The Morgan fingerprint density at radius 3 is 2.82 bits per heavy atom. The molecule has 6 nitrogen and oxygen atoms in total. The van der Waals surface area contributed by atoms with Crippen LogP contribution in [0.2, 0.25) is 0 Å². The average molecular weight is 376 g/mol. The molecular formula is C22H24N4O2. The Hall–Kier alpha value is -2.99. The topological polar surface area (TPSA) is 51.6 Å². The third kappa shape index (κ3) is 3.68. The van der Waals surface area contributed by atoms with Gasteiger partial charge in [0, 0.05) is 42.9 Å². The number of likely N-dealkylation sites (tertiary alicyclic amines) is 1. The number of rotatable bonds is 5. The van der Waals surface area contributed by atoms with Crippen LogP contribution < -0.4 is 14.8 Å². The number of ether oxygens (including phenoxy) is 2. The van der Waals surface area contributed by atoms with E-state index in [1.165, 1.54) is 24.1 Å². The molecule has 1 atom stereocenters. The number of nitrogens with one attached hydrogen (secondary N) is 1. The highest BCUT2D eigenvalue weighted by atomic mass is 16.7. The predicted octanol–water partition coefficient (Wildman–Crippen LogP) is 3.68. The van der Waals surface area contributed by atoms with E-state index in [0.29, 0.717) is 12.8 Å². The minimum atomic E-state index is 0.328. The van der Waals surface area contributed by atoms with Crippen molar-refractivity contribution in [3.05, 3.63) is 66.7 Å². The van der Waals surface area contributed by atoms with Gasteiger partial charge in [-0.3, -0.25) is 4.90 Å². The maximum Gasteiger partial charge on any atom is 0.231 e. The maximum absolute atomic E-state index is 5.51. The first-order valence-corrected chi connectivity index (χ1v) is 9.79. The van der Waals surface area contributed by atoms with Crippen LogP contribution in [0.15, 0.2) is 61.2 Å². The van der Waals surface area contributed by atoms with E-state index in [1.54, 1.807) is 6.20 Å². The van der Waals surface area contributed by atoms with Gasteiger partial charge in [0.2, 0.25) is 6.79 Å². The number of hydrogen-bond donors (Lipinski definition) is 1. The molecule has 28 heavy (non-hydrogen) atoms. The number of anilines is 1. The minimum Gasteiger partial charge on any atom is -0.454 e. The predicted molar refractivity (Wildman–Crippen MR) is 108 cm³/mol. The van der Waals surface area contributed by atoms with Crippen molar-refractivity contribution < 1.29 is 9.47 Å². The molecule has 2 aliphatic rings. The number of benzene rings is 2. The van der Waals surface area contributed by atoms with E-state index in [4.69, 9.17) is 9.47 Å². The number of fused-ring (bicyclic) bond motifs is 1. The zero-order valence-corrected chi connectivity index (χ0v) is 15.8. The summed E-state index contributed by atoms with van der Waals surface area (Å²) >= 11 is 0. The summed E-state index contributed by atoms with van der Waals surface area (Å²) in [5.41, 5.74) is 3.56. The van der Waals surface area contributed by atoms with Crippen LogP contribution in [0, 0.1) is 0 Å². The summed E-state index contributed by atoms with van der Waals surface area (Å²) in [6, 6.07) is 15.3. The highest BCUT2D eigenvalue weighted by Gasteiger charge is 2.21. The Balaban J connectivity index is 1.20. The number of hydrogen-bond acceptors (Lipinski definition) is 5. The average Bonchev–Trinajstić information content (AvgIpc) is 3.41. The quantitative estimate of drug-likeness (QED) is 0.736.